The molecule has 0 bridgehead atoms. The molecule has 0 saturated heterocycles. The number of hydrogen-bond acceptors (Lipinski definition) is 4. The fourth-order valence-corrected chi connectivity index (χ4v) is 2.95. The Morgan fingerprint density at radius 1 is 0.952 bits per heavy atom. The van der Waals surface area contributed by atoms with E-state index in [0.717, 1.165) is 27.1 Å². The molecule has 0 spiro atoms. The summed E-state index contributed by atoms with van der Waals surface area (Å²) in [5.74, 6) is 0. The number of rotatable bonds is 3. The van der Waals surface area contributed by atoms with Gasteiger partial charge in [0.15, 0.2) is 0 Å². The molecule has 0 N–H and O–H groups in total. The minimum atomic E-state index is -0.148. The summed E-state index contributed by atoms with van der Waals surface area (Å²) in [5.41, 5.74) is 1.92. The fourth-order valence-electron chi connectivity index (χ4n) is 2.17. The van der Waals surface area contributed by atoms with Crippen LogP contribution in [0.5, 0.6) is 0 Å². The molecule has 0 aliphatic carbocycles. The summed E-state index contributed by atoms with van der Waals surface area (Å²) in [5, 5.41) is 20.5. The van der Waals surface area contributed by atoms with E-state index in [2.05, 4.69) is 16.3 Å². The van der Waals surface area contributed by atoms with Crippen molar-refractivity contribution in [1.82, 2.24) is 10.2 Å². The van der Waals surface area contributed by atoms with Gasteiger partial charge < -0.3 is 0 Å². The van der Waals surface area contributed by atoms with Crippen molar-refractivity contribution in [3.05, 3.63) is 54.6 Å². The molecule has 0 fully saturated rings. The van der Waals surface area contributed by atoms with E-state index in [9.17, 15) is 0 Å². The molecule has 3 aromatic rings. The third-order valence-electron chi connectivity index (χ3n) is 3.17. The van der Waals surface area contributed by atoms with Gasteiger partial charge in [-0.1, -0.05) is 66.4 Å². The maximum absolute atomic E-state index is 8.98. The first-order valence-electron chi connectivity index (χ1n) is 6.66. The Labute approximate surface area is 127 Å². The largest absolute Gasteiger partial charge is 0.197 e. The predicted molar refractivity (Wildman–Crippen MR) is 85.9 cm³/mol. The highest BCUT2D eigenvalue weighted by atomic mass is 32.2. The second kappa shape index (κ2) is 5.94. The Kier molecular flexibility index (Phi) is 3.85. The number of aromatic nitrogens is 2. The molecule has 3 nitrogen and oxygen atoms in total. The molecule has 102 valence electrons. The molecule has 21 heavy (non-hydrogen) atoms. The molecular formula is C17H13N3S. The number of nitrogens with zero attached hydrogens (tertiary/aromatic N) is 3. The fraction of sp³-hybridized carbons (Fsp3) is 0.118. The Bertz CT molecular complexity index is 809. The first-order chi connectivity index (χ1) is 10.3. The van der Waals surface area contributed by atoms with Crippen LogP contribution in [0.2, 0.25) is 0 Å². The monoisotopic (exact) mass is 291 g/mol. The molecule has 4 heteroatoms. The molecule has 0 aliphatic heterocycles. The summed E-state index contributed by atoms with van der Waals surface area (Å²) >= 11 is 1.44. The molecule has 3 rings (SSSR count). The van der Waals surface area contributed by atoms with Crippen molar-refractivity contribution in [2.45, 2.75) is 17.2 Å². The summed E-state index contributed by atoms with van der Waals surface area (Å²) in [4.78, 5) is 0. The van der Waals surface area contributed by atoms with Crippen LogP contribution in [-0.2, 0) is 0 Å². The van der Waals surface area contributed by atoms with Crippen molar-refractivity contribution >= 4 is 22.5 Å². The quantitative estimate of drug-likeness (QED) is 0.675. The van der Waals surface area contributed by atoms with Crippen molar-refractivity contribution in [2.75, 3.05) is 0 Å². The smallest absolute Gasteiger partial charge is 0.128 e. The Morgan fingerprint density at radius 2 is 1.62 bits per heavy atom. The van der Waals surface area contributed by atoms with Crippen LogP contribution < -0.4 is 0 Å². The van der Waals surface area contributed by atoms with Gasteiger partial charge >= 0.3 is 0 Å². The van der Waals surface area contributed by atoms with Gasteiger partial charge in [-0.05, 0) is 6.92 Å². The summed E-state index contributed by atoms with van der Waals surface area (Å²) < 4.78 is 0. The summed E-state index contributed by atoms with van der Waals surface area (Å²) in [6.45, 7) is 1.87. The van der Waals surface area contributed by atoms with Crippen LogP contribution in [0.1, 0.15) is 6.92 Å². The second-order valence-electron chi connectivity index (χ2n) is 4.65. The van der Waals surface area contributed by atoms with Gasteiger partial charge in [-0.25, -0.2) is 0 Å². The third-order valence-corrected chi connectivity index (χ3v) is 4.15. The molecule has 0 saturated carbocycles. The van der Waals surface area contributed by atoms with E-state index >= 15 is 0 Å². The van der Waals surface area contributed by atoms with E-state index in [1.807, 2.05) is 61.5 Å². The number of nitriles is 1. The second-order valence-corrected chi connectivity index (χ2v) is 5.98. The van der Waals surface area contributed by atoms with Crippen LogP contribution in [0.3, 0.4) is 0 Å². The topological polar surface area (TPSA) is 49.6 Å². The van der Waals surface area contributed by atoms with Crippen molar-refractivity contribution in [2.24, 2.45) is 0 Å². The first-order valence-corrected chi connectivity index (χ1v) is 7.54. The molecule has 2 aromatic carbocycles. The molecule has 0 amide bonds. The van der Waals surface area contributed by atoms with Gasteiger partial charge in [-0.15, -0.1) is 10.2 Å². The number of fused-ring (bicyclic) bond motifs is 1. The van der Waals surface area contributed by atoms with Crippen LogP contribution in [0.25, 0.3) is 22.0 Å². The molecule has 1 aromatic heterocycles. The predicted octanol–water partition coefficient (Wildman–Crippen LogP) is 4.30. The normalized spacial score (nSPS) is 12.0. The zero-order valence-electron chi connectivity index (χ0n) is 11.5. The third kappa shape index (κ3) is 2.74. The lowest BCUT2D eigenvalue weighted by Crippen LogP contribution is -1.97. The Morgan fingerprint density at radius 3 is 2.33 bits per heavy atom. The van der Waals surface area contributed by atoms with Gasteiger partial charge in [0.05, 0.1) is 11.3 Å². The van der Waals surface area contributed by atoms with E-state index in [1.54, 1.807) is 0 Å². The summed E-state index contributed by atoms with van der Waals surface area (Å²) in [7, 11) is 0. The molecule has 1 atom stereocenters. The maximum atomic E-state index is 8.98. The SMILES string of the molecule is C[C@H](C#N)Sc1nnc(-c2ccccc2)c2ccccc12. The van der Waals surface area contributed by atoms with Crippen LogP contribution >= 0.6 is 11.8 Å². The highest BCUT2D eigenvalue weighted by molar-refractivity contribution is 8.00. The van der Waals surface area contributed by atoms with E-state index in [1.165, 1.54) is 11.8 Å². The van der Waals surface area contributed by atoms with Crippen molar-refractivity contribution in [3.8, 4) is 17.3 Å². The zero-order chi connectivity index (χ0) is 14.7. The average Bonchev–Trinajstić information content (AvgIpc) is 2.56. The minimum absolute atomic E-state index is 0.148. The van der Waals surface area contributed by atoms with Crippen molar-refractivity contribution in [1.29, 1.82) is 5.26 Å². The van der Waals surface area contributed by atoms with Gasteiger partial charge in [0.1, 0.15) is 10.7 Å². The lowest BCUT2D eigenvalue weighted by atomic mass is 10.1. The molecule has 0 radical (unpaired) electrons. The van der Waals surface area contributed by atoms with Crippen molar-refractivity contribution in [3.63, 3.8) is 0 Å². The summed E-state index contributed by atoms with van der Waals surface area (Å²) in [6.07, 6.45) is 0. The Balaban J connectivity index is 2.18. The van der Waals surface area contributed by atoms with Gasteiger partial charge in [-0.3, -0.25) is 0 Å². The molecule has 0 unspecified atom stereocenters. The molecule has 0 aliphatic rings. The van der Waals surface area contributed by atoms with Gasteiger partial charge in [0.2, 0.25) is 0 Å². The zero-order valence-corrected chi connectivity index (χ0v) is 12.3. The van der Waals surface area contributed by atoms with Crippen molar-refractivity contribution < 1.29 is 0 Å². The standard InChI is InChI=1S/C17H13N3S/c1-12(11-18)21-17-15-10-6-5-9-14(15)16(19-20-17)13-7-3-2-4-8-13/h2-10,12H,1H3/t12-/m1/s1. The average molecular weight is 291 g/mol. The highest BCUT2D eigenvalue weighted by Crippen LogP contribution is 2.32. The van der Waals surface area contributed by atoms with E-state index in [0.29, 0.717) is 0 Å². The van der Waals surface area contributed by atoms with Gasteiger partial charge in [-0.2, -0.15) is 5.26 Å². The van der Waals surface area contributed by atoms with Gasteiger partial charge in [0.25, 0.3) is 0 Å². The van der Waals surface area contributed by atoms with Crippen LogP contribution in [-0.4, -0.2) is 15.4 Å². The number of thioether (sulfide) groups is 1. The van der Waals surface area contributed by atoms with Gasteiger partial charge in [0, 0.05) is 16.3 Å². The first kappa shape index (κ1) is 13.6. The highest BCUT2D eigenvalue weighted by Gasteiger charge is 2.13. The lowest BCUT2D eigenvalue weighted by Gasteiger charge is -2.09. The van der Waals surface area contributed by atoms with Crippen LogP contribution in [0.4, 0.5) is 0 Å². The minimum Gasteiger partial charge on any atom is -0.197 e. The van der Waals surface area contributed by atoms with E-state index < -0.39 is 0 Å². The molecular weight excluding hydrogens is 278 g/mol. The maximum Gasteiger partial charge on any atom is 0.128 e. The van der Waals surface area contributed by atoms with Crippen LogP contribution in [0, 0.1) is 11.3 Å². The number of hydrogen-bond donors (Lipinski definition) is 0. The van der Waals surface area contributed by atoms with Crippen LogP contribution in [0.15, 0.2) is 59.6 Å². The summed E-state index contributed by atoms with van der Waals surface area (Å²) in [6, 6.07) is 20.3. The number of benzene rings is 2. The van der Waals surface area contributed by atoms with E-state index in [4.69, 9.17) is 5.26 Å². The van der Waals surface area contributed by atoms with E-state index in [-0.39, 0.29) is 5.25 Å². The Hall–Kier alpha value is -2.38. The lowest BCUT2D eigenvalue weighted by molar-refractivity contribution is 0.959. The molecule has 1 heterocycles.